The molecule has 1 N–H and O–H groups in total. The summed E-state index contributed by atoms with van der Waals surface area (Å²) in [4.78, 5) is 2.49. The van der Waals surface area contributed by atoms with E-state index in [0.29, 0.717) is 13.0 Å². The molecule has 0 radical (unpaired) electrons. The Morgan fingerprint density at radius 1 is 0.844 bits per heavy atom. The number of likely N-dealkylation sites (tertiary alicyclic amines) is 1. The van der Waals surface area contributed by atoms with Gasteiger partial charge < -0.3 is 5.11 Å². The van der Waals surface area contributed by atoms with E-state index in [0.717, 1.165) is 17.8 Å². The van der Waals surface area contributed by atoms with Gasteiger partial charge in [-0.2, -0.15) is 0 Å². The molecule has 0 spiro atoms. The third kappa shape index (κ3) is 3.79. The van der Waals surface area contributed by atoms with Crippen molar-refractivity contribution >= 4 is 17.6 Å². The van der Waals surface area contributed by atoms with Gasteiger partial charge in [-0.15, -0.1) is 5.10 Å². The van der Waals surface area contributed by atoms with E-state index < -0.39 is 11.6 Å². The van der Waals surface area contributed by atoms with Gasteiger partial charge in [0.1, 0.15) is 0 Å². The van der Waals surface area contributed by atoms with Crippen LogP contribution < -0.4 is 0 Å². The second-order valence-corrected chi connectivity index (χ2v) is 8.69. The van der Waals surface area contributed by atoms with E-state index >= 15 is 0 Å². The summed E-state index contributed by atoms with van der Waals surface area (Å²) in [5.41, 5.74) is 4.92. The minimum absolute atomic E-state index is 0.479. The van der Waals surface area contributed by atoms with Crippen LogP contribution in [0.5, 0.6) is 0 Å². The molecule has 2 heterocycles. The van der Waals surface area contributed by atoms with Crippen LogP contribution in [0.2, 0.25) is 0 Å². The van der Waals surface area contributed by atoms with Gasteiger partial charge in [0.2, 0.25) is 0 Å². The third-order valence-electron chi connectivity index (χ3n) is 6.23. The quantitative estimate of drug-likeness (QED) is 0.446. The smallest absolute Gasteiger partial charge is 0.0982 e. The average Bonchev–Trinajstić information content (AvgIpc) is 3.37. The maximum Gasteiger partial charge on any atom is 0.0982 e. The standard InChI is InChI=1S/C27H25N3OS/c31-26-16-17-30(19-21(26)18-25-20-32-29-28-25)27(22-10-4-1-5-11-22,23-12-6-2-7-13-23)24-14-8-3-9-15-24/h1-15,18,20,26,31H,16-17,19H2. The molecular formula is C27H25N3OS. The normalized spacial score (nSPS) is 18.7. The molecule has 0 aliphatic carbocycles. The van der Waals surface area contributed by atoms with Gasteiger partial charge in [-0.05, 0) is 46.3 Å². The van der Waals surface area contributed by atoms with Crippen molar-refractivity contribution in [3.8, 4) is 0 Å². The largest absolute Gasteiger partial charge is 0.389 e. The fourth-order valence-corrected chi connectivity index (χ4v) is 5.22. The van der Waals surface area contributed by atoms with Crippen LogP contribution in [0.1, 0.15) is 28.8 Å². The summed E-state index contributed by atoms with van der Waals surface area (Å²) in [6, 6.07) is 32.0. The number of aliphatic hydroxyl groups excluding tert-OH is 1. The van der Waals surface area contributed by atoms with Gasteiger partial charge in [0.05, 0.1) is 17.3 Å². The van der Waals surface area contributed by atoms with Crippen molar-refractivity contribution in [1.82, 2.24) is 14.5 Å². The Morgan fingerprint density at radius 3 is 1.84 bits per heavy atom. The number of piperidine rings is 1. The van der Waals surface area contributed by atoms with E-state index in [9.17, 15) is 5.11 Å². The molecule has 4 aromatic rings. The first kappa shape index (κ1) is 20.8. The Bertz CT molecular complexity index is 1060. The SMILES string of the molecule is OC1CCN(C(c2ccccc2)(c2ccccc2)c2ccccc2)CC1=Cc1csnn1. The summed E-state index contributed by atoms with van der Waals surface area (Å²) in [6.45, 7) is 1.41. The zero-order valence-corrected chi connectivity index (χ0v) is 18.5. The van der Waals surface area contributed by atoms with Crippen LogP contribution in [0.15, 0.2) is 102 Å². The molecule has 0 bridgehead atoms. The monoisotopic (exact) mass is 439 g/mol. The van der Waals surface area contributed by atoms with Gasteiger partial charge >= 0.3 is 0 Å². The van der Waals surface area contributed by atoms with Crippen molar-refractivity contribution in [2.24, 2.45) is 0 Å². The number of nitrogens with zero attached hydrogens (tertiary/aromatic N) is 3. The van der Waals surface area contributed by atoms with Gasteiger partial charge in [-0.1, -0.05) is 95.5 Å². The molecular weight excluding hydrogens is 414 g/mol. The summed E-state index contributed by atoms with van der Waals surface area (Å²) in [5.74, 6) is 0. The van der Waals surface area contributed by atoms with Crippen LogP contribution in [-0.2, 0) is 5.54 Å². The fourth-order valence-electron chi connectivity index (χ4n) is 4.81. The molecule has 1 aliphatic rings. The second-order valence-electron chi connectivity index (χ2n) is 8.08. The molecule has 1 unspecified atom stereocenters. The van der Waals surface area contributed by atoms with Crippen molar-refractivity contribution in [2.45, 2.75) is 18.1 Å². The number of hydrogen-bond acceptors (Lipinski definition) is 5. The number of aromatic nitrogens is 2. The maximum atomic E-state index is 10.8. The Balaban J connectivity index is 1.71. The van der Waals surface area contributed by atoms with Crippen LogP contribution in [0.4, 0.5) is 0 Å². The average molecular weight is 440 g/mol. The molecule has 5 heteroatoms. The summed E-state index contributed by atoms with van der Waals surface area (Å²) >= 11 is 1.33. The van der Waals surface area contributed by atoms with Crippen molar-refractivity contribution in [1.29, 1.82) is 0 Å². The topological polar surface area (TPSA) is 49.2 Å². The van der Waals surface area contributed by atoms with E-state index in [2.05, 4.69) is 105 Å². The van der Waals surface area contributed by atoms with Gasteiger partial charge in [0, 0.05) is 18.5 Å². The highest BCUT2D eigenvalue weighted by Gasteiger charge is 2.44. The molecule has 1 atom stereocenters. The van der Waals surface area contributed by atoms with Crippen molar-refractivity contribution in [3.63, 3.8) is 0 Å². The molecule has 160 valence electrons. The number of rotatable bonds is 5. The molecule has 1 aliphatic heterocycles. The fraction of sp³-hybridized carbons (Fsp3) is 0.185. The third-order valence-corrected chi connectivity index (χ3v) is 6.76. The van der Waals surface area contributed by atoms with E-state index in [1.807, 2.05) is 11.5 Å². The predicted molar refractivity (Wildman–Crippen MR) is 129 cm³/mol. The lowest BCUT2D eigenvalue weighted by Crippen LogP contribution is -2.52. The highest BCUT2D eigenvalue weighted by atomic mass is 32.1. The zero-order valence-electron chi connectivity index (χ0n) is 17.7. The Labute approximate surface area is 192 Å². The molecule has 1 aromatic heterocycles. The molecule has 4 nitrogen and oxygen atoms in total. The molecule has 32 heavy (non-hydrogen) atoms. The van der Waals surface area contributed by atoms with Crippen molar-refractivity contribution < 1.29 is 5.11 Å². The number of benzene rings is 3. The van der Waals surface area contributed by atoms with Crippen LogP contribution >= 0.6 is 11.5 Å². The summed E-state index contributed by atoms with van der Waals surface area (Å²) in [7, 11) is 0. The molecule has 0 amide bonds. The molecule has 1 fully saturated rings. The Hall–Kier alpha value is -3.12. The Kier molecular flexibility index (Phi) is 5.95. The molecule has 3 aromatic carbocycles. The first-order valence-electron chi connectivity index (χ1n) is 10.9. The lowest BCUT2D eigenvalue weighted by atomic mass is 9.74. The minimum Gasteiger partial charge on any atom is -0.389 e. The Morgan fingerprint density at radius 2 is 1.38 bits per heavy atom. The van der Waals surface area contributed by atoms with Crippen LogP contribution in [0, 0.1) is 0 Å². The van der Waals surface area contributed by atoms with Crippen molar-refractivity contribution in [3.05, 3.63) is 124 Å². The van der Waals surface area contributed by atoms with Gasteiger partial charge in [0.25, 0.3) is 0 Å². The maximum absolute atomic E-state index is 10.8. The predicted octanol–water partition coefficient (Wildman–Crippen LogP) is 4.98. The highest BCUT2D eigenvalue weighted by Crippen LogP contribution is 2.44. The van der Waals surface area contributed by atoms with Gasteiger partial charge in [-0.25, -0.2) is 0 Å². The lowest BCUT2D eigenvalue weighted by molar-refractivity contribution is 0.0872. The van der Waals surface area contributed by atoms with Crippen LogP contribution in [-0.4, -0.2) is 38.8 Å². The summed E-state index contributed by atoms with van der Waals surface area (Å²) in [6.07, 6.45) is 2.18. The summed E-state index contributed by atoms with van der Waals surface area (Å²) in [5, 5.41) is 16.9. The van der Waals surface area contributed by atoms with Crippen LogP contribution in [0.25, 0.3) is 6.08 Å². The first-order chi connectivity index (χ1) is 15.8. The molecule has 5 rings (SSSR count). The van der Waals surface area contributed by atoms with Crippen molar-refractivity contribution in [2.75, 3.05) is 13.1 Å². The van der Waals surface area contributed by atoms with Crippen LogP contribution in [0.3, 0.4) is 0 Å². The van der Waals surface area contributed by atoms with E-state index in [1.165, 1.54) is 28.2 Å². The molecule has 1 saturated heterocycles. The summed E-state index contributed by atoms with van der Waals surface area (Å²) < 4.78 is 3.98. The lowest BCUT2D eigenvalue weighted by Gasteiger charge is -2.48. The molecule has 0 saturated carbocycles. The van der Waals surface area contributed by atoms with Gasteiger partial charge in [0.15, 0.2) is 0 Å². The van der Waals surface area contributed by atoms with Gasteiger partial charge in [-0.3, -0.25) is 4.90 Å². The second kappa shape index (κ2) is 9.17. The van der Waals surface area contributed by atoms with E-state index in [-0.39, 0.29) is 0 Å². The van der Waals surface area contributed by atoms with E-state index in [4.69, 9.17) is 0 Å². The zero-order chi connectivity index (χ0) is 21.8. The first-order valence-corrected chi connectivity index (χ1v) is 11.7. The van der Waals surface area contributed by atoms with E-state index in [1.54, 1.807) is 0 Å². The number of hydrogen-bond donors (Lipinski definition) is 1. The number of aliphatic hydroxyl groups is 1. The highest BCUT2D eigenvalue weighted by molar-refractivity contribution is 7.03. The minimum atomic E-state index is -0.483.